The Morgan fingerprint density at radius 3 is 0.900 bits per heavy atom. The molecule has 0 radical (unpaired) electrons. The zero-order valence-corrected chi connectivity index (χ0v) is 16.3. The van der Waals surface area contributed by atoms with Gasteiger partial charge in [0, 0.05) is 19.8 Å². The maximum Gasteiger partial charge on any atom is 0.0437 e. The van der Waals surface area contributed by atoms with Crippen LogP contribution >= 0.6 is 0 Å². The Labute approximate surface area is 130 Å². The van der Waals surface area contributed by atoms with Gasteiger partial charge in [-0.2, -0.15) is 0 Å². The third-order valence-electron chi connectivity index (χ3n) is 1.49. The van der Waals surface area contributed by atoms with Gasteiger partial charge in [0.25, 0.3) is 0 Å². The molecule has 3 heteroatoms. The van der Waals surface area contributed by atoms with Gasteiger partial charge in [-0.3, -0.25) is 0 Å². The van der Waals surface area contributed by atoms with E-state index in [0.29, 0.717) is 0 Å². The number of hydrogen-bond acceptors (Lipinski definition) is 3. The largest absolute Gasteiger partial charge is 0.397 e. The van der Waals surface area contributed by atoms with E-state index < -0.39 is 0 Å². The van der Waals surface area contributed by atoms with E-state index in [1.807, 2.05) is 13.8 Å². The van der Waals surface area contributed by atoms with Crippen LogP contribution in [0.3, 0.4) is 0 Å². The SMILES string of the molecule is CCC.CCC.CCN(C)CC.CCO.CCOCC. The molecule has 0 atom stereocenters. The minimum atomic E-state index is 0.250. The molecule has 0 bridgehead atoms. The molecule has 0 aromatic carbocycles. The second-order valence-electron chi connectivity index (χ2n) is 4.00. The molecule has 0 unspecified atom stereocenters. The summed E-state index contributed by atoms with van der Waals surface area (Å²) in [4.78, 5) is 2.25. The van der Waals surface area contributed by atoms with Gasteiger partial charge in [0.05, 0.1) is 0 Å². The minimum Gasteiger partial charge on any atom is -0.397 e. The molecular formula is C17H45NO2. The van der Waals surface area contributed by atoms with E-state index in [-0.39, 0.29) is 6.61 Å². The minimum absolute atomic E-state index is 0.250. The van der Waals surface area contributed by atoms with Crippen molar-refractivity contribution in [1.82, 2.24) is 4.90 Å². The average molecular weight is 296 g/mol. The first-order valence-corrected chi connectivity index (χ1v) is 8.34. The van der Waals surface area contributed by atoms with Gasteiger partial charge < -0.3 is 14.7 Å². The smallest absolute Gasteiger partial charge is 0.0437 e. The van der Waals surface area contributed by atoms with Crippen molar-refractivity contribution < 1.29 is 9.84 Å². The van der Waals surface area contributed by atoms with E-state index in [1.165, 1.54) is 12.8 Å². The van der Waals surface area contributed by atoms with Gasteiger partial charge in [-0.1, -0.05) is 54.4 Å². The third kappa shape index (κ3) is 147. The van der Waals surface area contributed by atoms with E-state index in [1.54, 1.807) is 6.92 Å². The Balaban J connectivity index is -0.0000000488. The van der Waals surface area contributed by atoms with Gasteiger partial charge >= 0.3 is 0 Å². The topological polar surface area (TPSA) is 32.7 Å². The Morgan fingerprint density at radius 1 is 0.700 bits per heavy atom. The summed E-state index contributed by atoms with van der Waals surface area (Å²) in [5.74, 6) is 0. The molecule has 0 heterocycles. The van der Waals surface area contributed by atoms with Crippen LogP contribution in [0, 0.1) is 0 Å². The zero-order chi connectivity index (χ0) is 17.2. The highest BCUT2D eigenvalue weighted by Gasteiger charge is 1.81. The van der Waals surface area contributed by atoms with Crippen molar-refractivity contribution in [3.05, 3.63) is 0 Å². The normalized spacial score (nSPS) is 7.80. The van der Waals surface area contributed by atoms with Crippen molar-refractivity contribution in [2.75, 3.05) is 40.0 Å². The van der Waals surface area contributed by atoms with Crippen LogP contribution in [-0.2, 0) is 4.74 Å². The van der Waals surface area contributed by atoms with Crippen LogP contribution in [0.4, 0.5) is 0 Å². The van der Waals surface area contributed by atoms with Crippen molar-refractivity contribution in [3.63, 3.8) is 0 Å². The van der Waals surface area contributed by atoms with E-state index in [2.05, 4.69) is 53.5 Å². The van der Waals surface area contributed by atoms with Crippen molar-refractivity contribution in [3.8, 4) is 0 Å². The first-order chi connectivity index (χ1) is 9.46. The lowest BCUT2D eigenvalue weighted by molar-refractivity contribution is 0.162. The summed E-state index contributed by atoms with van der Waals surface area (Å²) in [6, 6.07) is 0. The number of nitrogens with zero attached hydrogens (tertiary/aromatic N) is 1. The molecule has 0 aliphatic carbocycles. The highest BCUT2D eigenvalue weighted by Crippen LogP contribution is 1.73. The van der Waals surface area contributed by atoms with E-state index in [9.17, 15) is 0 Å². The Bertz CT molecular complexity index is 80.3. The van der Waals surface area contributed by atoms with Gasteiger partial charge in [-0.05, 0) is 40.9 Å². The van der Waals surface area contributed by atoms with Crippen LogP contribution in [0.25, 0.3) is 0 Å². The molecule has 0 aromatic rings. The Kier molecular flexibility index (Phi) is 81.6. The van der Waals surface area contributed by atoms with Gasteiger partial charge in [-0.25, -0.2) is 0 Å². The summed E-state index contributed by atoms with van der Waals surface area (Å²) < 4.78 is 4.83. The van der Waals surface area contributed by atoms with Gasteiger partial charge in [-0.15, -0.1) is 0 Å². The molecule has 0 fully saturated rings. The summed E-state index contributed by atoms with van der Waals surface area (Å²) in [7, 11) is 2.11. The van der Waals surface area contributed by atoms with Crippen LogP contribution in [-0.4, -0.2) is 50.0 Å². The van der Waals surface area contributed by atoms with Gasteiger partial charge in [0.2, 0.25) is 0 Å². The van der Waals surface area contributed by atoms with Crippen LogP contribution < -0.4 is 0 Å². The monoisotopic (exact) mass is 295 g/mol. The predicted octanol–water partition coefficient (Wildman–Crippen LogP) is 4.83. The molecule has 1 N–H and O–H groups in total. The summed E-state index contributed by atoms with van der Waals surface area (Å²) in [6.07, 6.45) is 2.50. The fourth-order valence-corrected chi connectivity index (χ4v) is 0.428. The lowest BCUT2D eigenvalue weighted by Gasteiger charge is -2.07. The number of ether oxygens (including phenoxy) is 1. The number of aliphatic hydroxyl groups excluding tert-OH is 1. The second-order valence-corrected chi connectivity index (χ2v) is 4.00. The standard InChI is InChI=1S/C5H13N.C4H10O.2C3H8.C2H6O/c1-4-6(3)5-2;1-3-5-4-2;2*1-3-2;1-2-3/h4-5H2,1-3H3;3-4H2,1-2H3;2*3H2,1-2H3;3H,2H2,1H3. The number of aliphatic hydroxyl groups is 1. The number of hydrogen-bond donors (Lipinski definition) is 1. The van der Waals surface area contributed by atoms with Crippen LogP contribution in [0.2, 0.25) is 0 Å². The average Bonchev–Trinajstić information content (AvgIpc) is 2.42. The maximum atomic E-state index is 7.57. The van der Waals surface area contributed by atoms with E-state index in [4.69, 9.17) is 9.84 Å². The first-order valence-electron chi connectivity index (χ1n) is 8.34. The molecule has 0 amide bonds. The van der Waals surface area contributed by atoms with Gasteiger partial charge in [0.15, 0.2) is 0 Å². The first kappa shape index (κ1) is 32.0. The van der Waals surface area contributed by atoms with Crippen molar-refractivity contribution in [1.29, 1.82) is 0 Å². The molecule has 0 saturated carbocycles. The maximum absolute atomic E-state index is 7.57. The van der Waals surface area contributed by atoms with Crippen molar-refractivity contribution in [2.24, 2.45) is 0 Å². The zero-order valence-electron chi connectivity index (χ0n) is 16.3. The third-order valence-corrected chi connectivity index (χ3v) is 1.49. The summed E-state index contributed by atoms with van der Waals surface area (Å²) in [5.41, 5.74) is 0. The Hall–Kier alpha value is -0.120. The number of rotatable bonds is 4. The van der Waals surface area contributed by atoms with Crippen LogP contribution in [0.15, 0.2) is 0 Å². The molecule has 130 valence electrons. The molecule has 0 aliphatic heterocycles. The van der Waals surface area contributed by atoms with Crippen molar-refractivity contribution in [2.45, 2.75) is 75.2 Å². The molecule has 20 heavy (non-hydrogen) atoms. The molecule has 0 spiro atoms. The molecule has 0 rings (SSSR count). The quantitative estimate of drug-likeness (QED) is 0.806. The van der Waals surface area contributed by atoms with Crippen molar-refractivity contribution >= 4 is 0 Å². The Morgan fingerprint density at radius 2 is 0.900 bits per heavy atom. The molecular weight excluding hydrogens is 250 g/mol. The fraction of sp³-hybridized carbons (Fsp3) is 1.00. The second kappa shape index (κ2) is 51.0. The predicted molar refractivity (Wildman–Crippen MR) is 95.7 cm³/mol. The molecule has 0 saturated heterocycles. The molecule has 0 aliphatic rings. The molecule has 3 nitrogen and oxygen atoms in total. The summed E-state index contributed by atoms with van der Waals surface area (Å²) in [5, 5.41) is 7.57. The lowest BCUT2D eigenvalue weighted by atomic mass is 10.6. The van der Waals surface area contributed by atoms with E-state index in [0.717, 1.165) is 26.3 Å². The molecule has 0 aromatic heterocycles. The fourth-order valence-electron chi connectivity index (χ4n) is 0.428. The van der Waals surface area contributed by atoms with Crippen LogP contribution in [0.1, 0.15) is 75.2 Å². The van der Waals surface area contributed by atoms with Crippen LogP contribution in [0.5, 0.6) is 0 Å². The highest BCUT2D eigenvalue weighted by molar-refractivity contribution is 4.36. The van der Waals surface area contributed by atoms with E-state index >= 15 is 0 Å². The highest BCUT2D eigenvalue weighted by atomic mass is 16.5. The van der Waals surface area contributed by atoms with Gasteiger partial charge in [0.1, 0.15) is 0 Å². The summed E-state index contributed by atoms with van der Waals surface area (Å²) in [6.45, 7) is 22.7. The summed E-state index contributed by atoms with van der Waals surface area (Å²) >= 11 is 0. The lowest BCUT2D eigenvalue weighted by Crippen LogP contribution is -2.15.